The largest absolute Gasteiger partial charge is 0.383 e. The molecule has 134 valence electrons. The van der Waals surface area contributed by atoms with E-state index in [2.05, 4.69) is 32.5 Å². The summed E-state index contributed by atoms with van der Waals surface area (Å²) in [7, 11) is 0. The summed E-state index contributed by atoms with van der Waals surface area (Å²) in [6, 6.07) is 1.89. The Kier molecular flexibility index (Phi) is 4.96. The summed E-state index contributed by atoms with van der Waals surface area (Å²) >= 11 is 0. The fraction of sp³-hybridized carbons (Fsp3) is 0.556. The summed E-state index contributed by atoms with van der Waals surface area (Å²) in [5.74, 6) is -0.148. The van der Waals surface area contributed by atoms with Crippen molar-refractivity contribution in [2.24, 2.45) is 11.8 Å². The Morgan fingerprint density at radius 3 is 2.76 bits per heavy atom. The number of pyridine rings is 1. The fourth-order valence-corrected chi connectivity index (χ4v) is 3.51. The van der Waals surface area contributed by atoms with E-state index in [4.69, 9.17) is 0 Å². The van der Waals surface area contributed by atoms with Crippen LogP contribution >= 0.6 is 0 Å². The number of nitrogens with one attached hydrogen (secondary N) is 2. The number of aliphatic hydroxyl groups is 1. The molecule has 1 aliphatic heterocycles. The summed E-state index contributed by atoms with van der Waals surface area (Å²) in [6.07, 6.45) is 4.64. The Bertz CT molecular complexity index is 761. The van der Waals surface area contributed by atoms with E-state index in [-0.39, 0.29) is 11.8 Å². The number of carbonyl (C=O) groups is 1. The van der Waals surface area contributed by atoms with E-state index < -0.39 is 11.6 Å². The first-order valence-corrected chi connectivity index (χ1v) is 8.70. The van der Waals surface area contributed by atoms with Crippen LogP contribution in [-0.2, 0) is 10.3 Å². The van der Waals surface area contributed by atoms with Crippen LogP contribution in [0.4, 0.5) is 0 Å². The summed E-state index contributed by atoms with van der Waals surface area (Å²) in [6.45, 7) is 7.25. The van der Waals surface area contributed by atoms with Crippen LogP contribution in [0.3, 0.4) is 0 Å². The van der Waals surface area contributed by atoms with Crippen molar-refractivity contribution in [3.05, 3.63) is 30.2 Å². The molecular formula is C18H25N5O2. The van der Waals surface area contributed by atoms with Gasteiger partial charge in [0.15, 0.2) is 5.65 Å². The Hall–Kier alpha value is -2.12. The van der Waals surface area contributed by atoms with Crippen molar-refractivity contribution in [3.63, 3.8) is 0 Å². The van der Waals surface area contributed by atoms with Gasteiger partial charge in [0.1, 0.15) is 11.6 Å². The van der Waals surface area contributed by atoms with Gasteiger partial charge in [0.25, 0.3) is 0 Å². The van der Waals surface area contributed by atoms with Crippen LogP contribution in [0.15, 0.2) is 24.7 Å². The molecule has 2 aromatic heterocycles. The van der Waals surface area contributed by atoms with Gasteiger partial charge in [0, 0.05) is 30.7 Å². The molecular weight excluding hydrogens is 318 g/mol. The molecule has 0 aromatic carbocycles. The van der Waals surface area contributed by atoms with Crippen LogP contribution in [0.5, 0.6) is 0 Å². The van der Waals surface area contributed by atoms with Gasteiger partial charge in [0.05, 0.1) is 5.54 Å². The Morgan fingerprint density at radius 2 is 2.04 bits per heavy atom. The average molecular weight is 343 g/mol. The molecule has 3 rings (SSSR count). The number of fused-ring (bicyclic) bond motifs is 1. The first kappa shape index (κ1) is 17.7. The zero-order valence-electron chi connectivity index (χ0n) is 14.9. The van der Waals surface area contributed by atoms with Crippen LogP contribution in [0.25, 0.3) is 11.2 Å². The minimum absolute atomic E-state index is 0.153. The van der Waals surface area contributed by atoms with Crippen molar-refractivity contribution in [1.82, 2.24) is 25.6 Å². The highest BCUT2D eigenvalue weighted by atomic mass is 16.3. The molecule has 3 atom stereocenters. The highest BCUT2D eigenvalue weighted by Crippen LogP contribution is 2.34. The number of rotatable bonds is 4. The van der Waals surface area contributed by atoms with Crippen LogP contribution in [0.2, 0.25) is 0 Å². The van der Waals surface area contributed by atoms with Gasteiger partial charge in [-0.1, -0.05) is 20.8 Å². The maximum Gasteiger partial charge on any atom is 0.249 e. The average Bonchev–Trinajstić information content (AvgIpc) is 2.60. The second-order valence-electron chi connectivity index (χ2n) is 7.29. The summed E-state index contributed by atoms with van der Waals surface area (Å²) in [5, 5.41) is 16.7. The van der Waals surface area contributed by atoms with E-state index in [1.165, 1.54) is 0 Å². The van der Waals surface area contributed by atoms with Crippen molar-refractivity contribution in [2.45, 2.75) is 38.8 Å². The second-order valence-corrected chi connectivity index (χ2v) is 7.29. The third-order valence-electron chi connectivity index (χ3n) is 4.77. The molecule has 0 aliphatic carbocycles. The fourth-order valence-electron chi connectivity index (χ4n) is 3.51. The molecule has 1 amide bonds. The molecule has 2 aromatic rings. The van der Waals surface area contributed by atoms with Gasteiger partial charge >= 0.3 is 0 Å². The molecule has 1 aliphatic rings. The van der Waals surface area contributed by atoms with E-state index in [9.17, 15) is 9.90 Å². The second kappa shape index (κ2) is 7.01. The van der Waals surface area contributed by atoms with E-state index in [1.54, 1.807) is 18.6 Å². The van der Waals surface area contributed by atoms with Crippen LogP contribution in [-0.4, -0.2) is 45.2 Å². The van der Waals surface area contributed by atoms with Gasteiger partial charge in [-0.2, -0.15) is 0 Å². The number of amides is 1. The standard InChI is InChI=1S/C18H25N5O2/c1-11(2)15(24)17(25)23-18(8-12(3)9-19-10-18)13-4-5-21-16-14(13)20-6-7-22-16/h4-7,11-12,15,19,24H,8-10H2,1-3H3,(H,23,25)/t12-,15-,18-/m0/s1. The number of aliphatic hydroxyl groups excluding tert-OH is 1. The zero-order chi connectivity index (χ0) is 18.0. The quantitative estimate of drug-likeness (QED) is 0.765. The first-order valence-electron chi connectivity index (χ1n) is 8.70. The monoisotopic (exact) mass is 343 g/mol. The van der Waals surface area contributed by atoms with Crippen molar-refractivity contribution in [1.29, 1.82) is 0 Å². The third kappa shape index (κ3) is 3.48. The number of carbonyl (C=O) groups excluding carboxylic acids is 1. The van der Waals surface area contributed by atoms with Gasteiger partial charge < -0.3 is 15.7 Å². The number of nitrogens with zero attached hydrogens (tertiary/aromatic N) is 3. The lowest BCUT2D eigenvalue weighted by Crippen LogP contribution is -2.59. The van der Waals surface area contributed by atoms with Gasteiger partial charge in [0.2, 0.25) is 5.91 Å². The summed E-state index contributed by atoms with van der Waals surface area (Å²) < 4.78 is 0. The molecule has 7 nitrogen and oxygen atoms in total. The van der Waals surface area contributed by atoms with Gasteiger partial charge in [-0.3, -0.25) is 9.78 Å². The Labute approximate surface area is 147 Å². The predicted octanol–water partition coefficient (Wildman–Crippen LogP) is 0.983. The van der Waals surface area contributed by atoms with Crippen molar-refractivity contribution in [3.8, 4) is 0 Å². The van der Waals surface area contributed by atoms with Crippen LogP contribution in [0.1, 0.15) is 32.8 Å². The molecule has 1 saturated heterocycles. The van der Waals surface area contributed by atoms with Gasteiger partial charge in [-0.05, 0) is 30.9 Å². The normalized spacial score (nSPS) is 25.1. The smallest absolute Gasteiger partial charge is 0.249 e. The summed E-state index contributed by atoms with van der Waals surface area (Å²) in [4.78, 5) is 25.6. The first-order chi connectivity index (χ1) is 11.9. The van der Waals surface area contributed by atoms with E-state index in [1.807, 2.05) is 19.9 Å². The molecule has 0 bridgehead atoms. The molecule has 7 heteroatoms. The number of aromatic nitrogens is 3. The van der Waals surface area contributed by atoms with Crippen LogP contribution < -0.4 is 10.6 Å². The maximum atomic E-state index is 12.6. The highest BCUT2D eigenvalue weighted by Gasteiger charge is 2.41. The van der Waals surface area contributed by atoms with Crippen molar-refractivity contribution in [2.75, 3.05) is 13.1 Å². The topological polar surface area (TPSA) is 100 Å². The minimum Gasteiger partial charge on any atom is -0.383 e. The molecule has 1 fully saturated rings. The number of hydrogen-bond donors (Lipinski definition) is 3. The lowest BCUT2D eigenvalue weighted by molar-refractivity contribution is -0.134. The van der Waals surface area contributed by atoms with Crippen molar-refractivity contribution >= 4 is 17.1 Å². The third-order valence-corrected chi connectivity index (χ3v) is 4.77. The molecule has 0 radical (unpaired) electrons. The number of piperidine rings is 1. The molecule has 0 spiro atoms. The minimum atomic E-state index is -1.05. The SMILES string of the molecule is CC(C)[C@H](O)C(=O)N[C@]1(c2ccnc3nccnc23)CNC[C@@H](C)C1. The molecule has 25 heavy (non-hydrogen) atoms. The van der Waals surface area contributed by atoms with Crippen molar-refractivity contribution < 1.29 is 9.90 Å². The maximum absolute atomic E-state index is 12.6. The Balaban J connectivity index is 2.07. The summed E-state index contributed by atoms with van der Waals surface area (Å²) in [5.41, 5.74) is 1.47. The van der Waals surface area contributed by atoms with Crippen LogP contribution in [0, 0.1) is 11.8 Å². The number of hydrogen-bond acceptors (Lipinski definition) is 6. The zero-order valence-corrected chi connectivity index (χ0v) is 14.9. The van der Waals surface area contributed by atoms with E-state index in [0.717, 1.165) is 18.5 Å². The molecule has 0 saturated carbocycles. The van der Waals surface area contributed by atoms with E-state index >= 15 is 0 Å². The lowest BCUT2D eigenvalue weighted by Gasteiger charge is -2.42. The Morgan fingerprint density at radius 1 is 1.32 bits per heavy atom. The lowest BCUT2D eigenvalue weighted by atomic mass is 9.78. The van der Waals surface area contributed by atoms with E-state index in [0.29, 0.717) is 23.6 Å². The highest BCUT2D eigenvalue weighted by molar-refractivity contribution is 5.83. The molecule has 3 heterocycles. The van der Waals surface area contributed by atoms with Gasteiger partial charge in [-0.25, -0.2) is 9.97 Å². The molecule has 3 N–H and O–H groups in total. The predicted molar refractivity (Wildman–Crippen MR) is 94.6 cm³/mol. The van der Waals surface area contributed by atoms with Gasteiger partial charge in [-0.15, -0.1) is 0 Å². The molecule has 0 unspecified atom stereocenters.